The fourth-order valence-electron chi connectivity index (χ4n) is 3.04. The first kappa shape index (κ1) is 14.6. The minimum atomic E-state index is 0.483. The summed E-state index contributed by atoms with van der Waals surface area (Å²) in [7, 11) is 0. The normalized spacial score (nSPS) is 15.0. The van der Waals surface area contributed by atoms with Gasteiger partial charge in [-0.15, -0.1) is 0 Å². The largest absolute Gasteiger partial charge is 0.393 e. The highest BCUT2D eigenvalue weighted by molar-refractivity contribution is 5.79. The molecule has 0 atom stereocenters. The number of nitrogen functional groups attached to an aromatic ring is 1. The molecule has 0 saturated heterocycles. The molecule has 22 heavy (non-hydrogen) atoms. The summed E-state index contributed by atoms with van der Waals surface area (Å²) in [5.74, 6) is 1.52. The van der Waals surface area contributed by atoms with E-state index in [0.29, 0.717) is 11.7 Å². The van der Waals surface area contributed by atoms with Gasteiger partial charge in [0.1, 0.15) is 12.0 Å². The molecule has 1 saturated carbocycles. The summed E-state index contributed by atoms with van der Waals surface area (Å²) in [6.07, 6.45) is 6.53. The zero-order chi connectivity index (χ0) is 15.4. The van der Waals surface area contributed by atoms with Crippen molar-refractivity contribution in [3.63, 3.8) is 0 Å². The summed E-state index contributed by atoms with van der Waals surface area (Å²) in [5.41, 5.74) is 8.06. The van der Waals surface area contributed by atoms with Crippen LogP contribution in [0.15, 0.2) is 36.7 Å². The summed E-state index contributed by atoms with van der Waals surface area (Å²) >= 11 is 0. The Labute approximate surface area is 131 Å². The number of nitrogens with one attached hydrogen (secondary N) is 1. The van der Waals surface area contributed by atoms with E-state index in [2.05, 4.69) is 39.2 Å². The van der Waals surface area contributed by atoms with E-state index < -0.39 is 0 Å². The number of para-hydroxylation sites is 1. The Morgan fingerprint density at radius 2 is 1.91 bits per heavy atom. The summed E-state index contributed by atoms with van der Waals surface area (Å²) in [6.45, 7) is 2.90. The molecule has 1 heterocycles. The second kappa shape index (κ2) is 6.64. The van der Waals surface area contributed by atoms with E-state index in [1.54, 1.807) is 6.33 Å². The van der Waals surface area contributed by atoms with E-state index in [1.807, 2.05) is 18.2 Å². The van der Waals surface area contributed by atoms with Crippen LogP contribution >= 0.6 is 0 Å². The van der Waals surface area contributed by atoms with Gasteiger partial charge >= 0.3 is 0 Å². The van der Waals surface area contributed by atoms with Crippen LogP contribution in [0.2, 0.25) is 0 Å². The maximum atomic E-state index is 6.35. The predicted octanol–water partition coefficient (Wildman–Crippen LogP) is 3.57. The lowest BCUT2D eigenvalue weighted by Crippen LogP contribution is -2.22. The third-order valence-corrected chi connectivity index (χ3v) is 4.20. The van der Waals surface area contributed by atoms with Crippen LogP contribution < -0.4 is 16.0 Å². The fourth-order valence-corrected chi connectivity index (χ4v) is 3.04. The van der Waals surface area contributed by atoms with Gasteiger partial charge in [0.15, 0.2) is 11.6 Å². The fraction of sp³-hybridized carbons (Fsp3) is 0.412. The van der Waals surface area contributed by atoms with Crippen LogP contribution in [0.1, 0.15) is 32.6 Å². The van der Waals surface area contributed by atoms with E-state index in [1.165, 1.54) is 25.7 Å². The average molecular weight is 297 g/mol. The van der Waals surface area contributed by atoms with Gasteiger partial charge in [-0.25, -0.2) is 9.97 Å². The zero-order valence-corrected chi connectivity index (χ0v) is 13.0. The quantitative estimate of drug-likeness (QED) is 0.883. The molecule has 3 N–H and O–H groups in total. The van der Waals surface area contributed by atoms with Gasteiger partial charge in [-0.05, 0) is 31.9 Å². The molecule has 5 heteroatoms. The van der Waals surface area contributed by atoms with Crippen molar-refractivity contribution < 1.29 is 0 Å². The summed E-state index contributed by atoms with van der Waals surface area (Å²) in [4.78, 5) is 10.9. The number of nitrogens with zero attached hydrogens (tertiary/aromatic N) is 3. The molecule has 1 fully saturated rings. The van der Waals surface area contributed by atoms with Crippen LogP contribution in [0.3, 0.4) is 0 Å². The van der Waals surface area contributed by atoms with Crippen molar-refractivity contribution in [2.75, 3.05) is 22.5 Å². The van der Waals surface area contributed by atoms with Crippen molar-refractivity contribution in [2.24, 2.45) is 0 Å². The van der Waals surface area contributed by atoms with Crippen LogP contribution in [0.25, 0.3) is 0 Å². The van der Waals surface area contributed by atoms with Crippen molar-refractivity contribution in [3.05, 3.63) is 36.7 Å². The number of nitrogens with two attached hydrogens (primary N) is 1. The lowest BCUT2D eigenvalue weighted by molar-refractivity contribution is 0.750. The van der Waals surface area contributed by atoms with Crippen LogP contribution in [-0.2, 0) is 0 Å². The van der Waals surface area contributed by atoms with Gasteiger partial charge in [0, 0.05) is 18.3 Å². The SMILES string of the molecule is CCN(c1ccccc1)c1ncnc(NC2CCCC2)c1N. The number of hydrogen-bond donors (Lipinski definition) is 2. The molecule has 0 spiro atoms. The molecule has 0 amide bonds. The van der Waals surface area contributed by atoms with Crippen LogP contribution in [0.5, 0.6) is 0 Å². The van der Waals surface area contributed by atoms with Crippen molar-refractivity contribution in [1.82, 2.24) is 9.97 Å². The monoisotopic (exact) mass is 297 g/mol. The summed E-state index contributed by atoms with van der Waals surface area (Å²) < 4.78 is 0. The standard InChI is InChI=1S/C17H23N5/c1-2-22(14-10-4-3-5-11-14)17-15(18)16(19-12-20-17)21-13-8-6-7-9-13/h3-5,10-13H,2,6-9,18H2,1H3,(H,19,20,21). The number of anilines is 4. The third-order valence-electron chi connectivity index (χ3n) is 4.20. The Balaban J connectivity index is 1.89. The van der Waals surface area contributed by atoms with Crippen molar-refractivity contribution in [1.29, 1.82) is 0 Å². The highest BCUT2D eigenvalue weighted by Gasteiger charge is 2.19. The maximum Gasteiger partial charge on any atom is 0.161 e. The topological polar surface area (TPSA) is 67.1 Å². The molecule has 2 aromatic rings. The third kappa shape index (κ3) is 2.98. The van der Waals surface area contributed by atoms with Gasteiger partial charge in [-0.3, -0.25) is 0 Å². The molecular formula is C17H23N5. The smallest absolute Gasteiger partial charge is 0.161 e. The van der Waals surface area contributed by atoms with Crippen molar-refractivity contribution in [2.45, 2.75) is 38.6 Å². The molecule has 1 aliphatic carbocycles. The van der Waals surface area contributed by atoms with Crippen LogP contribution in [0, 0.1) is 0 Å². The molecule has 0 bridgehead atoms. The average Bonchev–Trinajstić information content (AvgIpc) is 3.06. The second-order valence-corrected chi connectivity index (χ2v) is 5.67. The Morgan fingerprint density at radius 3 is 2.59 bits per heavy atom. The highest BCUT2D eigenvalue weighted by Crippen LogP contribution is 2.32. The van der Waals surface area contributed by atoms with E-state index >= 15 is 0 Å². The Morgan fingerprint density at radius 1 is 1.18 bits per heavy atom. The minimum Gasteiger partial charge on any atom is -0.393 e. The zero-order valence-electron chi connectivity index (χ0n) is 13.0. The lowest BCUT2D eigenvalue weighted by Gasteiger charge is -2.24. The van der Waals surface area contributed by atoms with Crippen LogP contribution in [-0.4, -0.2) is 22.6 Å². The van der Waals surface area contributed by atoms with Gasteiger partial charge in [0.05, 0.1) is 0 Å². The first-order chi connectivity index (χ1) is 10.8. The molecular weight excluding hydrogens is 274 g/mol. The van der Waals surface area contributed by atoms with Gasteiger partial charge in [-0.2, -0.15) is 0 Å². The second-order valence-electron chi connectivity index (χ2n) is 5.67. The maximum absolute atomic E-state index is 6.35. The predicted molar refractivity (Wildman–Crippen MR) is 91.4 cm³/mol. The van der Waals surface area contributed by atoms with E-state index in [9.17, 15) is 0 Å². The molecule has 0 aliphatic heterocycles. The molecule has 1 aromatic carbocycles. The molecule has 0 unspecified atom stereocenters. The Bertz CT molecular complexity index is 608. The van der Waals surface area contributed by atoms with Gasteiger partial charge in [0.2, 0.25) is 0 Å². The Hall–Kier alpha value is -2.30. The molecule has 116 valence electrons. The molecule has 5 nitrogen and oxygen atoms in total. The van der Waals surface area contributed by atoms with E-state index in [0.717, 1.165) is 23.9 Å². The minimum absolute atomic E-state index is 0.483. The first-order valence-electron chi connectivity index (χ1n) is 7.99. The summed E-state index contributed by atoms with van der Waals surface area (Å²) in [6, 6.07) is 10.7. The van der Waals surface area contributed by atoms with Crippen molar-refractivity contribution in [3.8, 4) is 0 Å². The first-order valence-corrected chi connectivity index (χ1v) is 7.99. The highest BCUT2D eigenvalue weighted by atomic mass is 15.2. The Kier molecular flexibility index (Phi) is 4.42. The molecule has 1 aromatic heterocycles. The summed E-state index contributed by atoms with van der Waals surface area (Å²) in [5, 5.41) is 3.48. The number of hydrogen-bond acceptors (Lipinski definition) is 5. The van der Waals surface area contributed by atoms with Gasteiger partial charge in [0.25, 0.3) is 0 Å². The van der Waals surface area contributed by atoms with Crippen molar-refractivity contribution >= 4 is 23.0 Å². The number of benzene rings is 1. The van der Waals surface area contributed by atoms with E-state index in [-0.39, 0.29) is 0 Å². The number of aromatic nitrogens is 2. The number of rotatable bonds is 5. The lowest BCUT2D eigenvalue weighted by atomic mass is 10.2. The van der Waals surface area contributed by atoms with E-state index in [4.69, 9.17) is 5.73 Å². The van der Waals surface area contributed by atoms with Gasteiger partial charge in [-0.1, -0.05) is 31.0 Å². The van der Waals surface area contributed by atoms with Gasteiger partial charge < -0.3 is 16.0 Å². The molecule has 1 aliphatic rings. The van der Waals surface area contributed by atoms with Crippen LogP contribution in [0.4, 0.5) is 23.0 Å². The molecule has 0 radical (unpaired) electrons. The molecule has 3 rings (SSSR count).